The highest BCUT2D eigenvalue weighted by Gasteiger charge is 2.23. The molecule has 0 heterocycles. The van der Waals surface area contributed by atoms with Crippen LogP contribution in [0.5, 0.6) is 0 Å². The third-order valence-corrected chi connectivity index (χ3v) is 4.94. The first-order valence-corrected chi connectivity index (χ1v) is 8.61. The van der Waals surface area contributed by atoms with E-state index in [0.717, 1.165) is 24.9 Å². The summed E-state index contributed by atoms with van der Waals surface area (Å²) in [6.07, 6.45) is 5.29. The first-order chi connectivity index (χ1) is 10.2. The summed E-state index contributed by atoms with van der Waals surface area (Å²) in [5.74, 6) is 1.63. The predicted molar refractivity (Wildman–Crippen MR) is 91.7 cm³/mol. The molecule has 1 N–H and O–H groups in total. The zero-order valence-corrected chi connectivity index (χ0v) is 14.2. The van der Waals surface area contributed by atoms with Crippen LogP contribution in [-0.2, 0) is 6.54 Å². The van der Waals surface area contributed by atoms with Gasteiger partial charge in [-0.05, 0) is 49.9 Å². The molecule has 1 aromatic rings. The second kappa shape index (κ2) is 7.95. The Labute approximate surface area is 130 Å². The van der Waals surface area contributed by atoms with Crippen molar-refractivity contribution in [2.24, 2.45) is 5.92 Å². The Morgan fingerprint density at radius 1 is 1.19 bits per heavy atom. The van der Waals surface area contributed by atoms with Crippen molar-refractivity contribution in [2.75, 3.05) is 20.6 Å². The van der Waals surface area contributed by atoms with Crippen molar-refractivity contribution in [1.82, 2.24) is 10.2 Å². The maximum atomic E-state index is 3.68. The fraction of sp³-hybridized carbons (Fsp3) is 0.684. The van der Waals surface area contributed by atoms with E-state index in [4.69, 9.17) is 0 Å². The number of nitrogens with one attached hydrogen (secondary N) is 1. The summed E-state index contributed by atoms with van der Waals surface area (Å²) >= 11 is 0. The van der Waals surface area contributed by atoms with Gasteiger partial charge in [0.15, 0.2) is 0 Å². The summed E-state index contributed by atoms with van der Waals surface area (Å²) in [7, 11) is 4.41. The fourth-order valence-electron chi connectivity index (χ4n) is 3.34. The number of rotatable bonds is 9. The van der Waals surface area contributed by atoms with Gasteiger partial charge in [-0.1, -0.05) is 51.0 Å². The van der Waals surface area contributed by atoms with Crippen molar-refractivity contribution in [1.29, 1.82) is 0 Å². The maximum Gasteiger partial charge on any atom is 0.0242 e. The van der Waals surface area contributed by atoms with Crippen LogP contribution in [0.1, 0.15) is 56.6 Å². The van der Waals surface area contributed by atoms with Crippen LogP contribution in [0.2, 0.25) is 0 Å². The van der Waals surface area contributed by atoms with Crippen LogP contribution >= 0.6 is 0 Å². The lowest BCUT2D eigenvalue weighted by atomic mass is 9.93. The summed E-state index contributed by atoms with van der Waals surface area (Å²) in [5, 5.41) is 3.68. The van der Waals surface area contributed by atoms with Gasteiger partial charge in [-0.2, -0.15) is 0 Å². The van der Waals surface area contributed by atoms with Crippen LogP contribution in [0.4, 0.5) is 0 Å². The molecule has 0 radical (unpaired) electrons. The van der Waals surface area contributed by atoms with Crippen molar-refractivity contribution in [3.8, 4) is 0 Å². The third kappa shape index (κ3) is 4.82. The first-order valence-electron chi connectivity index (χ1n) is 8.61. The Kier molecular flexibility index (Phi) is 6.25. The van der Waals surface area contributed by atoms with Gasteiger partial charge in [0.05, 0.1) is 0 Å². The molecule has 0 aliphatic heterocycles. The topological polar surface area (TPSA) is 15.3 Å². The average molecular weight is 288 g/mol. The number of benzene rings is 1. The largest absolute Gasteiger partial charge is 0.311 e. The summed E-state index contributed by atoms with van der Waals surface area (Å²) < 4.78 is 0. The van der Waals surface area contributed by atoms with Gasteiger partial charge in [-0.3, -0.25) is 0 Å². The van der Waals surface area contributed by atoms with E-state index in [0.29, 0.717) is 6.04 Å². The molecule has 2 nitrogen and oxygen atoms in total. The lowest BCUT2D eigenvalue weighted by Gasteiger charge is -2.31. The number of nitrogens with zero attached hydrogens (tertiary/aromatic N) is 1. The van der Waals surface area contributed by atoms with E-state index in [1.54, 1.807) is 5.56 Å². The van der Waals surface area contributed by atoms with E-state index in [-0.39, 0.29) is 0 Å². The molecule has 0 spiro atoms. The van der Waals surface area contributed by atoms with Crippen molar-refractivity contribution < 1.29 is 0 Å². The van der Waals surface area contributed by atoms with Crippen LogP contribution in [0, 0.1) is 5.92 Å². The molecule has 0 bridgehead atoms. The van der Waals surface area contributed by atoms with Crippen molar-refractivity contribution in [3.05, 3.63) is 35.4 Å². The first kappa shape index (κ1) is 16.5. The lowest BCUT2D eigenvalue weighted by molar-refractivity contribution is 0.194. The zero-order chi connectivity index (χ0) is 15.2. The van der Waals surface area contributed by atoms with Crippen LogP contribution in [-0.4, -0.2) is 31.6 Å². The van der Waals surface area contributed by atoms with Gasteiger partial charge in [0, 0.05) is 19.1 Å². The van der Waals surface area contributed by atoms with Gasteiger partial charge in [-0.25, -0.2) is 0 Å². The molecule has 1 fully saturated rings. The van der Waals surface area contributed by atoms with Gasteiger partial charge in [-0.15, -0.1) is 0 Å². The molecule has 21 heavy (non-hydrogen) atoms. The fourth-order valence-corrected chi connectivity index (χ4v) is 3.34. The highest BCUT2D eigenvalue weighted by Crippen LogP contribution is 2.40. The Hall–Kier alpha value is -0.860. The average Bonchev–Trinajstić information content (AvgIpc) is 3.31. The summed E-state index contributed by atoms with van der Waals surface area (Å²) in [6.45, 7) is 6.69. The summed E-state index contributed by atoms with van der Waals surface area (Å²) in [6, 6.07) is 9.78. The van der Waals surface area contributed by atoms with Gasteiger partial charge in [0.1, 0.15) is 0 Å². The number of hydrogen-bond donors (Lipinski definition) is 1. The minimum absolute atomic E-state index is 0.631. The van der Waals surface area contributed by atoms with E-state index >= 15 is 0 Å². The van der Waals surface area contributed by atoms with Crippen LogP contribution in [0.15, 0.2) is 24.3 Å². The number of hydrogen-bond acceptors (Lipinski definition) is 2. The summed E-state index contributed by atoms with van der Waals surface area (Å²) in [5.41, 5.74) is 2.97. The molecule has 1 aromatic carbocycles. The van der Waals surface area contributed by atoms with Crippen molar-refractivity contribution in [3.63, 3.8) is 0 Å². The molecule has 1 unspecified atom stereocenters. The van der Waals surface area contributed by atoms with Crippen molar-refractivity contribution in [2.45, 2.75) is 58.0 Å². The molecule has 118 valence electrons. The molecular weight excluding hydrogens is 256 g/mol. The molecule has 1 atom stereocenters. The Morgan fingerprint density at radius 3 is 2.48 bits per heavy atom. The molecule has 0 amide bonds. The second-order valence-electron chi connectivity index (χ2n) is 6.76. The zero-order valence-electron chi connectivity index (χ0n) is 14.2. The Bertz CT molecular complexity index is 419. The van der Waals surface area contributed by atoms with Gasteiger partial charge in [0.25, 0.3) is 0 Å². The highest BCUT2D eigenvalue weighted by molar-refractivity contribution is 5.29. The van der Waals surface area contributed by atoms with Gasteiger partial charge in [0.2, 0.25) is 0 Å². The molecule has 0 saturated heterocycles. The smallest absolute Gasteiger partial charge is 0.0242 e. The predicted octanol–water partition coefficient (Wildman–Crippen LogP) is 4.02. The van der Waals surface area contributed by atoms with Gasteiger partial charge < -0.3 is 10.2 Å². The molecule has 1 aliphatic carbocycles. The lowest BCUT2D eigenvalue weighted by Crippen LogP contribution is -2.42. The molecular formula is C19H32N2. The normalized spacial score (nSPS) is 16.7. The molecule has 2 heteroatoms. The van der Waals surface area contributed by atoms with Gasteiger partial charge >= 0.3 is 0 Å². The minimum Gasteiger partial charge on any atom is -0.311 e. The van der Waals surface area contributed by atoms with Crippen LogP contribution in [0.25, 0.3) is 0 Å². The quantitative estimate of drug-likeness (QED) is 0.738. The molecule has 1 aliphatic rings. The Morgan fingerprint density at radius 2 is 1.90 bits per heavy atom. The van der Waals surface area contributed by atoms with E-state index in [2.05, 4.69) is 62.4 Å². The standard InChI is InChI=1S/C19H32N2/c1-5-16(6-2)19(21(3)4)14-20-13-15-8-7-9-18(12-15)17-10-11-17/h7-9,12,16-17,19-20H,5-6,10-11,13-14H2,1-4H3. The number of likely N-dealkylation sites (N-methyl/N-ethyl adjacent to an activating group) is 1. The maximum absolute atomic E-state index is 3.68. The van der Waals surface area contributed by atoms with E-state index in [1.165, 1.54) is 31.2 Å². The van der Waals surface area contributed by atoms with Crippen molar-refractivity contribution >= 4 is 0 Å². The molecule has 0 aromatic heterocycles. The second-order valence-corrected chi connectivity index (χ2v) is 6.76. The highest BCUT2D eigenvalue weighted by atomic mass is 15.1. The van der Waals surface area contributed by atoms with E-state index in [1.807, 2.05) is 0 Å². The SMILES string of the molecule is CCC(CC)C(CNCc1cccc(C2CC2)c1)N(C)C. The third-order valence-electron chi connectivity index (χ3n) is 4.94. The monoisotopic (exact) mass is 288 g/mol. The Balaban J connectivity index is 1.85. The van der Waals surface area contributed by atoms with E-state index < -0.39 is 0 Å². The minimum atomic E-state index is 0.631. The van der Waals surface area contributed by atoms with Crippen LogP contribution in [0.3, 0.4) is 0 Å². The molecule has 1 saturated carbocycles. The summed E-state index contributed by atoms with van der Waals surface area (Å²) in [4.78, 5) is 2.38. The molecule has 2 rings (SSSR count). The van der Waals surface area contributed by atoms with Crippen LogP contribution < -0.4 is 5.32 Å². The van der Waals surface area contributed by atoms with E-state index in [9.17, 15) is 0 Å².